The van der Waals surface area contributed by atoms with Crippen molar-refractivity contribution in [3.05, 3.63) is 80.6 Å². The van der Waals surface area contributed by atoms with E-state index in [1.165, 1.54) is 22.3 Å². The predicted octanol–water partition coefficient (Wildman–Crippen LogP) is 6.43. The van der Waals surface area contributed by atoms with Crippen LogP contribution in [0, 0.1) is 6.92 Å². The Morgan fingerprint density at radius 3 is 2.60 bits per heavy atom. The molecule has 0 radical (unpaired) electrons. The molecule has 0 atom stereocenters. The van der Waals surface area contributed by atoms with Crippen LogP contribution in [-0.2, 0) is 29.5 Å². The van der Waals surface area contributed by atoms with Gasteiger partial charge in [0.15, 0.2) is 0 Å². The molecule has 0 amide bonds. The number of ketones is 1. The number of hydrogen-bond acceptors (Lipinski definition) is 6. The van der Waals surface area contributed by atoms with Crippen LogP contribution in [-0.4, -0.2) is 51.0 Å². The number of β-amino-alcohol motifs (C(OH)–C–C–N with tert-alkyl or cyclic N) is 1. The van der Waals surface area contributed by atoms with Crippen molar-refractivity contribution >= 4 is 33.3 Å². The Morgan fingerprint density at radius 2 is 1.90 bits per heavy atom. The molecular weight excluding hydrogens is 564 g/mol. The molecule has 6 nitrogen and oxygen atoms in total. The molecule has 2 aliphatic rings. The average molecular weight is 606 g/mol. The van der Waals surface area contributed by atoms with Crippen LogP contribution in [0.25, 0.3) is 0 Å². The summed E-state index contributed by atoms with van der Waals surface area (Å²) in [4.78, 5) is 24.3. The molecule has 40 heavy (non-hydrogen) atoms. The van der Waals surface area contributed by atoms with Gasteiger partial charge in [-0.2, -0.15) is 0 Å². The smallest absolute Gasteiger partial charge is 0.227 e. The Morgan fingerprint density at radius 1 is 1.15 bits per heavy atom. The summed E-state index contributed by atoms with van der Waals surface area (Å²) < 4.78 is 0.892. The van der Waals surface area contributed by atoms with Crippen LogP contribution in [0.5, 0.6) is 0 Å². The van der Waals surface area contributed by atoms with Crippen LogP contribution in [0.3, 0.4) is 0 Å². The zero-order valence-corrected chi connectivity index (χ0v) is 25.9. The number of piperidine rings is 1. The lowest BCUT2D eigenvalue weighted by Gasteiger charge is -2.36. The van der Waals surface area contributed by atoms with Crippen molar-refractivity contribution in [3.63, 3.8) is 0 Å². The molecule has 1 fully saturated rings. The molecule has 2 N–H and O–H groups in total. The van der Waals surface area contributed by atoms with Crippen LogP contribution in [0.4, 0.5) is 11.6 Å². The zero-order valence-electron chi connectivity index (χ0n) is 24.4. The monoisotopic (exact) mass is 604 g/mol. The lowest BCUT2D eigenvalue weighted by atomic mass is 9.82. The van der Waals surface area contributed by atoms with E-state index in [2.05, 4.69) is 74.5 Å². The van der Waals surface area contributed by atoms with Gasteiger partial charge in [0.1, 0.15) is 5.78 Å². The highest BCUT2D eigenvalue weighted by molar-refractivity contribution is 9.10. The van der Waals surface area contributed by atoms with Gasteiger partial charge < -0.3 is 15.3 Å². The van der Waals surface area contributed by atoms with Gasteiger partial charge in [-0.3, -0.25) is 4.79 Å². The molecule has 3 aromatic rings. The van der Waals surface area contributed by atoms with Crippen molar-refractivity contribution in [1.82, 2.24) is 14.9 Å². The number of anilines is 2. The third kappa shape index (κ3) is 6.32. The number of carbonyl (C=O) groups is 1. The molecule has 1 saturated heterocycles. The van der Waals surface area contributed by atoms with E-state index in [0.717, 1.165) is 66.7 Å². The standard InChI is InChI=1S/C33H41BrN4O2/c1-21-17-25(10-11-26(21)22-13-15-38(16-14-22)20-32(2,3)40)36-31-35-19-27(34)28(37-31)12-9-23-7-6-8-24-18-29(39)33(4,5)30(23)24/h6-8,10-11,17,19,22,40H,9,12-16,18,20H2,1-5H3,(H,35,36,37). The Hall–Kier alpha value is -2.61. The second-order valence-electron chi connectivity index (χ2n) is 12.7. The molecule has 2 aromatic carbocycles. The maximum atomic E-state index is 12.6. The molecule has 212 valence electrons. The molecule has 0 bridgehead atoms. The summed E-state index contributed by atoms with van der Waals surface area (Å²) in [6, 6.07) is 12.9. The first kappa shape index (κ1) is 28.9. The third-order valence-electron chi connectivity index (χ3n) is 8.52. The van der Waals surface area contributed by atoms with Crippen molar-refractivity contribution in [2.75, 3.05) is 25.0 Å². The summed E-state index contributed by atoms with van der Waals surface area (Å²) in [7, 11) is 0. The van der Waals surface area contributed by atoms with Crippen molar-refractivity contribution in [2.45, 2.75) is 83.7 Å². The molecule has 0 unspecified atom stereocenters. The van der Waals surface area contributed by atoms with Gasteiger partial charge in [-0.25, -0.2) is 9.97 Å². The van der Waals surface area contributed by atoms with E-state index in [1.54, 1.807) is 0 Å². The van der Waals surface area contributed by atoms with Gasteiger partial charge in [-0.1, -0.05) is 24.3 Å². The van der Waals surface area contributed by atoms with E-state index >= 15 is 0 Å². The average Bonchev–Trinajstić information content (AvgIpc) is 3.12. The van der Waals surface area contributed by atoms with Crippen LogP contribution in [0.2, 0.25) is 0 Å². The largest absolute Gasteiger partial charge is 0.389 e. The summed E-state index contributed by atoms with van der Waals surface area (Å²) in [5.41, 5.74) is 7.12. The third-order valence-corrected chi connectivity index (χ3v) is 9.18. The number of nitrogens with one attached hydrogen (secondary N) is 1. The van der Waals surface area contributed by atoms with Crippen LogP contribution >= 0.6 is 15.9 Å². The topological polar surface area (TPSA) is 78.4 Å². The lowest BCUT2D eigenvalue weighted by Crippen LogP contribution is -2.42. The number of Topliss-reactive ketones (excluding diaryl/α,β-unsaturated/α-hetero) is 1. The minimum atomic E-state index is -0.649. The quantitative estimate of drug-likeness (QED) is 0.308. The molecule has 1 aromatic heterocycles. The van der Waals surface area contributed by atoms with Crippen LogP contribution in [0.1, 0.15) is 80.0 Å². The van der Waals surface area contributed by atoms with Gasteiger partial charge in [0.05, 0.1) is 15.8 Å². The zero-order chi connectivity index (χ0) is 28.7. The molecule has 7 heteroatoms. The second-order valence-corrected chi connectivity index (χ2v) is 13.6. The summed E-state index contributed by atoms with van der Waals surface area (Å²) in [5, 5.41) is 13.6. The number of rotatable bonds is 8. The summed E-state index contributed by atoms with van der Waals surface area (Å²) in [5.74, 6) is 1.42. The van der Waals surface area contributed by atoms with Gasteiger partial charge in [-0.15, -0.1) is 0 Å². The molecule has 1 aliphatic heterocycles. The fourth-order valence-corrected chi connectivity index (χ4v) is 6.92. The maximum Gasteiger partial charge on any atom is 0.227 e. The Kier molecular flexibility index (Phi) is 8.20. The summed E-state index contributed by atoms with van der Waals surface area (Å²) in [6.07, 6.45) is 6.13. The summed E-state index contributed by atoms with van der Waals surface area (Å²) in [6.45, 7) is 12.8. The van der Waals surface area contributed by atoms with E-state index in [4.69, 9.17) is 4.98 Å². The number of aromatic nitrogens is 2. The van der Waals surface area contributed by atoms with E-state index in [9.17, 15) is 9.90 Å². The number of carbonyl (C=O) groups excluding carboxylic acids is 1. The van der Waals surface area contributed by atoms with Gasteiger partial charge in [0.2, 0.25) is 5.95 Å². The first-order valence-electron chi connectivity index (χ1n) is 14.4. The maximum absolute atomic E-state index is 12.6. The van der Waals surface area contributed by atoms with E-state index in [0.29, 0.717) is 24.1 Å². The fraction of sp³-hybridized carbons (Fsp3) is 0.485. The number of aryl methyl sites for hydroxylation is 3. The Balaban J connectivity index is 1.24. The van der Waals surface area contributed by atoms with E-state index < -0.39 is 11.0 Å². The van der Waals surface area contributed by atoms with Crippen LogP contribution < -0.4 is 5.32 Å². The minimum absolute atomic E-state index is 0.294. The van der Waals surface area contributed by atoms with Gasteiger partial charge in [0, 0.05) is 30.3 Å². The number of hydrogen-bond donors (Lipinski definition) is 2. The van der Waals surface area contributed by atoms with Crippen molar-refractivity contribution in [2.24, 2.45) is 0 Å². The number of halogens is 1. The highest BCUT2D eigenvalue weighted by atomic mass is 79.9. The SMILES string of the molecule is Cc1cc(Nc2ncc(Br)c(CCc3cccc4c3C(C)(C)C(=O)C4)n2)ccc1C1CCN(CC(C)(C)O)CC1. The molecule has 2 heterocycles. The van der Waals surface area contributed by atoms with Gasteiger partial charge >= 0.3 is 0 Å². The van der Waals surface area contributed by atoms with E-state index in [1.807, 2.05) is 33.9 Å². The minimum Gasteiger partial charge on any atom is -0.389 e. The van der Waals surface area contributed by atoms with Crippen LogP contribution in [0.15, 0.2) is 47.1 Å². The van der Waals surface area contributed by atoms with Crippen molar-refractivity contribution in [1.29, 1.82) is 0 Å². The Bertz CT molecular complexity index is 1400. The number of fused-ring (bicyclic) bond motifs is 1. The first-order valence-corrected chi connectivity index (χ1v) is 15.2. The van der Waals surface area contributed by atoms with Gasteiger partial charge in [0.25, 0.3) is 0 Å². The summed E-state index contributed by atoms with van der Waals surface area (Å²) >= 11 is 3.64. The normalized spacial score (nSPS) is 17.7. The van der Waals surface area contributed by atoms with Crippen molar-refractivity contribution in [3.8, 4) is 0 Å². The first-order chi connectivity index (χ1) is 18.9. The number of aliphatic hydroxyl groups is 1. The molecular formula is C33H41BrN4O2. The van der Waals surface area contributed by atoms with Crippen molar-refractivity contribution < 1.29 is 9.90 Å². The predicted molar refractivity (Wildman–Crippen MR) is 164 cm³/mol. The second kappa shape index (κ2) is 11.3. The highest BCUT2D eigenvalue weighted by Crippen LogP contribution is 2.38. The number of likely N-dealkylation sites (tertiary alicyclic amines) is 1. The molecule has 0 spiro atoms. The molecule has 1 aliphatic carbocycles. The number of nitrogens with zero attached hydrogens (tertiary/aromatic N) is 3. The lowest BCUT2D eigenvalue weighted by molar-refractivity contribution is -0.121. The van der Waals surface area contributed by atoms with Gasteiger partial charge in [-0.05, 0) is 135 Å². The highest BCUT2D eigenvalue weighted by Gasteiger charge is 2.39. The van der Waals surface area contributed by atoms with E-state index in [-0.39, 0.29) is 0 Å². The molecule has 0 saturated carbocycles. The Labute approximate surface area is 246 Å². The molecule has 5 rings (SSSR count). The fourth-order valence-electron chi connectivity index (χ4n) is 6.53. The number of benzene rings is 2.